The summed E-state index contributed by atoms with van der Waals surface area (Å²) >= 11 is 0. The molecule has 7 rings (SSSR count). The van der Waals surface area contributed by atoms with Crippen molar-refractivity contribution in [1.29, 1.82) is 0 Å². The topological polar surface area (TPSA) is 86.6 Å². The zero-order valence-electron chi connectivity index (χ0n) is 24.0. The number of benzene rings is 2. The summed E-state index contributed by atoms with van der Waals surface area (Å²) in [6, 6.07) is 7.72. The lowest BCUT2D eigenvalue weighted by Crippen LogP contribution is -2.51. The van der Waals surface area contributed by atoms with Gasteiger partial charge in [0.15, 0.2) is 5.82 Å². The summed E-state index contributed by atoms with van der Waals surface area (Å²) in [7, 11) is 2.13. The Kier molecular flexibility index (Phi) is 6.83. The lowest BCUT2D eigenvalue weighted by atomic mass is 9.91. The molecule has 2 aromatic heterocycles. The number of anilines is 1. The Morgan fingerprint density at radius 3 is 2.64 bits per heavy atom. The van der Waals surface area contributed by atoms with Gasteiger partial charge in [0.05, 0.1) is 5.56 Å². The van der Waals surface area contributed by atoms with Crippen molar-refractivity contribution in [2.45, 2.75) is 57.2 Å². The predicted octanol–water partition coefficient (Wildman–Crippen LogP) is 4.65. The van der Waals surface area contributed by atoms with E-state index in [1.807, 2.05) is 0 Å². The minimum Gasteiger partial charge on any atom is -0.508 e. The minimum atomic E-state index is -0.478. The normalized spacial score (nSPS) is 22.2. The van der Waals surface area contributed by atoms with E-state index in [0.717, 1.165) is 67.8 Å². The number of pyridine rings is 1. The van der Waals surface area contributed by atoms with E-state index >= 15 is 0 Å². The number of phenols is 1. The zero-order valence-corrected chi connectivity index (χ0v) is 24.0. The molecule has 42 heavy (non-hydrogen) atoms. The summed E-state index contributed by atoms with van der Waals surface area (Å²) in [4.78, 5) is 19.5. The number of nitrogens with one attached hydrogen (secondary N) is 1. The third kappa shape index (κ3) is 4.59. The molecule has 4 aromatic rings. The second-order valence-electron chi connectivity index (χ2n) is 11.8. The first kappa shape index (κ1) is 26.9. The Labute approximate surface area is 244 Å². The van der Waals surface area contributed by atoms with Crippen LogP contribution in [0.5, 0.6) is 11.8 Å². The Morgan fingerprint density at radius 2 is 1.93 bits per heavy atom. The number of likely N-dealkylation sites (tertiary alicyclic amines) is 1. The molecule has 3 aliphatic rings. The van der Waals surface area contributed by atoms with Crippen molar-refractivity contribution >= 4 is 27.6 Å². The first-order valence-electron chi connectivity index (χ1n) is 14.9. The van der Waals surface area contributed by atoms with Gasteiger partial charge in [-0.1, -0.05) is 18.9 Å². The number of aromatic hydroxyl groups is 1. The molecule has 3 unspecified atom stereocenters. The number of halogens is 1. The van der Waals surface area contributed by atoms with Crippen LogP contribution >= 0.6 is 0 Å². The molecule has 0 amide bonds. The molecule has 0 saturated carbocycles. The van der Waals surface area contributed by atoms with Crippen LogP contribution in [0.15, 0.2) is 30.5 Å². The van der Waals surface area contributed by atoms with Crippen LogP contribution in [0.3, 0.4) is 0 Å². The summed E-state index contributed by atoms with van der Waals surface area (Å²) in [5, 5.41) is 15.6. The molecule has 3 atom stereocenters. The number of likely N-dealkylation sites (N-methyl/N-ethyl adjacent to an activating group) is 1. The van der Waals surface area contributed by atoms with Gasteiger partial charge in [-0.15, -0.1) is 6.42 Å². The first-order chi connectivity index (χ1) is 20.4. The summed E-state index contributed by atoms with van der Waals surface area (Å²) in [5.41, 5.74) is 3.88. The van der Waals surface area contributed by atoms with E-state index in [1.165, 1.54) is 6.07 Å². The van der Waals surface area contributed by atoms with Crippen LogP contribution in [0.2, 0.25) is 0 Å². The number of phenolic OH excluding ortho intramolecular Hbond substituents is 1. The van der Waals surface area contributed by atoms with Crippen LogP contribution in [0.25, 0.3) is 32.9 Å². The Hall–Kier alpha value is -4.00. The van der Waals surface area contributed by atoms with Crippen molar-refractivity contribution in [3.05, 3.63) is 47.4 Å². The van der Waals surface area contributed by atoms with E-state index < -0.39 is 5.82 Å². The maximum Gasteiger partial charge on any atom is 0.319 e. The van der Waals surface area contributed by atoms with Gasteiger partial charge in [-0.3, -0.25) is 4.98 Å². The summed E-state index contributed by atoms with van der Waals surface area (Å²) < 4.78 is 21.2. The molecular weight excluding hydrogens is 531 g/mol. The number of rotatable bonds is 6. The van der Waals surface area contributed by atoms with E-state index in [0.29, 0.717) is 59.0 Å². The van der Waals surface area contributed by atoms with Crippen LogP contribution in [0, 0.1) is 18.2 Å². The van der Waals surface area contributed by atoms with Gasteiger partial charge in [0.2, 0.25) is 0 Å². The number of piperazine rings is 1. The highest BCUT2D eigenvalue weighted by atomic mass is 19.1. The maximum atomic E-state index is 14.9. The van der Waals surface area contributed by atoms with E-state index in [2.05, 4.69) is 35.0 Å². The highest BCUT2D eigenvalue weighted by Crippen LogP contribution is 2.40. The van der Waals surface area contributed by atoms with Crippen LogP contribution in [0.4, 0.5) is 10.2 Å². The Balaban J connectivity index is 1.42. The molecule has 216 valence electrons. The predicted molar refractivity (Wildman–Crippen MR) is 163 cm³/mol. The lowest BCUT2D eigenvalue weighted by Gasteiger charge is -2.34. The number of aryl methyl sites for hydroxylation is 1. The highest BCUT2D eigenvalue weighted by molar-refractivity contribution is 6.04. The molecule has 8 nitrogen and oxygen atoms in total. The fraction of sp³-hybridized carbons (Fsp3) is 0.424. The van der Waals surface area contributed by atoms with Gasteiger partial charge >= 0.3 is 6.01 Å². The number of aromatic nitrogens is 3. The summed E-state index contributed by atoms with van der Waals surface area (Å²) in [6.07, 6.45) is 12.7. The van der Waals surface area contributed by atoms with Crippen molar-refractivity contribution in [3.63, 3.8) is 0 Å². The van der Waals surface area contributed by atoms with E-state index in [1.54, 1.807) is 24.4 Å². The molecule has 5 heterocycles. The van der Waals surface area contributed by atoms with E-state index in [-0.39, 0.29) is 11.3 Å². The van der Waals surface area contributed by atoms with Crippen LogP contribution < -0.4 is 15.0 Å². The van der Waals surface area contributed by atoms with Crippen LogP contribution in [0.1, 0.15) is 43.7 Å². The lowest BCUT2D eigenvalue weighted by molar-refractivity contribution is 0.188. The van der Waals surface area contributed by atoms with Gasteiger partial charge in [0, 0.05) is 48.4 Å². The minimum absolute atomic E-state index is 0.0682. The largest absolute Gasteiger partial charge is 0.508 e. The number of hydrogen-bond donors (Lipinski definition) is 2. The number of fused-ring (bicyclic) bond motifs is 4. The molecule has 3 aliphatic heterocycles. The molecule has 2 N–H and O–H groups in total. The zero-order chi connectivity index (χ0) is 29.0. The average molecular weight is 567 g/mol. The Morgan fingerprint density at radius 1 is 1.12 bits per heavy atom. The molecular formula is C33H35FN6O2. The summed E-state index contributed by atoms with van der Waals surface area (Å²) in [5.74, 6) is 2.90. The fourth-order valence-corrected chi connectivity index (χ4v) is 7.07. The maximum absolute atomic E-state index is 14.9. The molecule has 2 aromatic carbocycles. The summed E-state index contributed by atoms with van der Waals surface area (Å²) in [6.45, 7) is 5.34. The number of ether oxygens (including phenoxy) is 1. The van der Waals surface area contributed by atoms with Crippen LogP contribution in [-0.2, 0) is 6.42 Å². The number of terminal acetylenes is 1. The van der Waals surface area contributed by atoms with Gasteiger partial charge in [0.25, 0.3) is 0 Å². The van der Waals surface area contributed by atoms with E-state index in [9.17, 15) is 9.50 Å². The number of hydrogen-bond acceptors (Lipinski definition) is 8. The third-order valence-electron chi connectivity index (χ3n) is 9.21. The standard InChI is InChI=1S/C33H35FN6O2/c1-4-24-27(26-14-23(41)13-19-8-11-28(34)25(5-2)29(19)26)15-35-31-30(24)37-33(42-18-22-7-6-12-39(22)3)38-32(31)40-16-20-9-10-21(17-40)36-20/h2,8,11,13-15,20-22,36,41H,4,6-7,9-10,12,16-18H2,1,3H3. The molecule has 3 saturated heterocycles. The van der Waals surface area contributed by atoms with Crippen molar-refractivity contribution in [1.82, 2.24) is 25.2 Å². The molecule has 0 radical (unpaired) electrons. The van der Waals surface area contributed by atoms with Crippen molar-refractivity contribution in [3.8, 4) is 35.2 Å². The molecule has 9 heteroatoms. The second-order valence-corrected chi connectivity index (χ2v) is 11.8. The van der Waals surface area contributed by atoms with Gasteiger partial charge in [-0.2, -0.15) is 9.97 Å². The van der Waals surface area contributed by atoms with E-state index in [4.69, 9.17) is 26.1 Å². The SMILES string of the molecule is C#Cc1c(F)ccc2cc(O)cc(-c3cnc4c(N5CC6CCC(C5)N6)nc(OCC5CCCN5C)nc4c3CC)c12. The van der Waals surface area contributed by atoms with Crippen LogP contribution in [-0.4, -0.2) is 76.4 Å². The van der Waals surface area contributed by atoms with Gasteiger partial charge in [-0.05, 0) is 80.4 Å². The van der Waals surface area contributed by atoms with Crippen molar-refractivity contribution < 1.29 is 14.2 Å². The fourth-order valence-electron chi connectivity index (χ4n) is 7.07. The first-order valence-corrected chi connectivity index (χ1v) is 14.9. The monoisotopic (exact) mass is 566 g/mol. The van der Waals surface area contributed by atoms with Crippen molar-refractivity contribution in [2.24, 2.45) is 0 Å². The van der Waals surface area contributed by atoms with Gasteiger partial charge < -0.3 is 25.0 Å². The van der Waals surface area contributed by atoms with Gasteiger partial charge in [0.1, 0.15) is 29.2 Å². The van der Waals surface area contributed by atoms with Crippen molar-refractivity contribution in [2.75, 3.05) is 38.2 Å². The second kappa shape index (κ2) is 10.7. The highest BCUT2D eigenvalue weighted by Gasteiger charge is 2.34. The Bertz CT molecular complexity index is 1720. The molecule has 3 fully saturated rings. The smallest absolute Gasteiger partial charge is 0.319 e. The quantitative estimate of drug-likeness (QED) is 0.327. The molecule has 0 spiro atoms. The molecule has 0 aliphatic carbocycles. The average Bonchev–Trinajstić information content (AvgIpc) is 3.57. The molecule has 2 bridgehead atoms. The third-order valence-corrected chi connectivity index (χ3v) is 9.21. The number of nitrogens with zero attached hydrogens (tertiary/aromatic N) is 5. The van der Waals surface area contributed by atoms with Gasteiger partial charge in [-0.25, -0.2) is 4.39 Å².